The monoisotopic (exact) mass is 374 g/mol. The van der Waals surface area contributed by atoms with Crippen molar-refractivity contribution >= 4 is 26.5 Å². The molecule has 1 aromatic heterocycles. The molecule has 0 spiro atoms. The average molecular weight is 374 g/mol. The van der Waals surface area contributed by atoms with Crippen LogP contribution in [0.25, 0.3) is 21.9 Å². The number of nitrogens with one attached hydrogen (secondary N) is 1. The first-order chi connectivity index (χ1) is 13.0. The minimum Gasteiger partial charge on any atom is -0.279 e. The highest BCUT2D eigenvalue weighted by atomic mass is 32.2. The summed E-state index contributed by atoms with van der Waals surface area (Å²) in [6.07, 6.45) is 3.40. The Bertz CT molecular complexity index is 1200. The van der Waals surface area contributed by atoms with E-state index in [-0.39, 0.29) is 4.90 Å². The van der Waals surface area contributed by atoms with Crippen LogP contribution < -0.4 is 4.72 Å². The number of sulfonamides is 1. The van der Waals surface area contributed by atoms with Crippen LogP contribution in [0.15, 0.2) is 90.1 Å². The van der Waals surface area contributed by atoms with Crippen molar-refractivity contribution in [1.82, 2.24) is 4.98 Å². The van der Waals surface area contributed by atoms with Gasteiger partial charge in [0.15, 0.2) is 0 Å². The van der Waals surface area contributed by atoms with Gasteiger partial charge in [0.2, 0.25) is 0 Å². The first-order valence-electron chi connectivity index (χ1n) is 8.56. The Kier molecular flexibility index (Phi) is 4.38. The van der Waals surface area contributed by atoms with Crippen LogP contribution in [0, 0.1) is 6.92 Å². The number of benzene rings is 3. The maximum Gasteiger partial charge on any atom is 0.261 e. The van der Waals surface area contributed by atoms with Gasteiger partial charge in [0.1, 0.15) is 0 Å². The quantitative estimate of drug-likeness (QED) is 0.546. The van der Waals surface area contributed by atoms with Crippen molar-refractivity contribution in [3.05, 3.63) is 90.8 Å². The SMILES string of the molecule is Cc1ccc(S(=O)(=O)Nc2ccc(-c3ccccc3)c3ccncc23)cc1. The number of aromatic nitrogens is 1. The summed E-state index contributed by atoms with van der Waals surface area (Å²) in [7, 11) is -3.68. The van der Waals surface area contributed by atoms with Crippen LogP contribution in [0.2, 0.25) is 0 Å². The van der Waals surface area contributed by atoms with E-state index in [9.17, 15) is 8.42 Å². The predicted molar refractivity (Wildman–Crippen MR) is 109 cm³/mol. The summed E-state index contributed by atoms with van der Waals surface area (Å²) in [6.45, 7) is 1.92. The molecule has 0 aliphatic rings. The third-order valence-corrected chi connectivity index (χ3v) is 5.86. The van der Waals surface area contributed by atoms with Crippen molar-refractivity contribution < 1.29 is 8.42 Å². The summed E-state index contributed by atoms with van der Waals surface area (Å²) in [5.74, 6) is 0. The van der Waals surface area contributed by atoms with Gasteiger partial charge in [0.25, 0.3) is 10.0 Å². The lowest BCUT2D eigenvalue weighted by molar-refractivity contribution is 0.601. The standard InChI is InChI=1S/C22H18N2O2S/c1-16-7-9-18(10-8-16)27(25,26)24-22-12-11-19(17-5-3-2-4-6-17)20-13-14-23-15-21(20)22/h2-15,24H,1H3. The Labute approximate surface area is 158 Å². The largest absolute Gasteiger partial charge is 0.279 e. The Morgan fingerprint density at radius 3 is 2.30 bits per heavy atom. The van der Waals surface area contributed by atoms with Gasteiger partial charge in [-0.05, 0) is 47.7 Å². The van der Waals surface area contributed by atoms with Gasteiger partial charge < -0.3 is 0 Å². The van der Waals surface area contributed by atoms with E-state index in [2.05, 4.69) is 9.71 Å². The summed E-state index contributed by atoms with van der Waals surface area (Å²) in [4.78, 5) is 4.42. The third-order valence-electron chi connectivity index (χ3n) is 4.48. The molecule has 0 atom stereocenters. The number of hydrogen-bond donors (Lipinski definition) is 1. The van der Waals surface area contributed by atoms with Crippen LogP contribution in [0.1, 0.15) is 5.56 Å². The molecule has 3 aromatic carbocycles. The van der Waals surface area contributed by atoms with Gasteiger partial charge in [0.05, 0.1) is 10.6 Å². The van der Waals surface area contributed by atoms with E-state index in [0.29, 0.717) is 5.69 Å². The van der Waals surface area contributed by atoms with Gasteiger partial charge in [-0.15, -0.1) is 0 Å². The van der Waals surface area contributed by atoms with E-state index in [0.717, 1.165) is 27.5 Å². The lowest BCUT2D eigenvalue weighted by Crippen LogP contribution is -2.13. The Morgan fingerprint density at radius 1 is 0.815 bits per heavy atom. The minimum absolute atomic E-state index is 0.234. The zero-order valence-corrected chi connectivity index (χ0v) is 15.6. The Hall–Kier alpha value is -3.18. The molecule has 5 heteroatoms. The fraction of sp³-hybridized carbons (Fsp3) is 0.0455. The molecule has 0 saturated carbocycles. The van der Waals surface area contributed by atoms with Gasteiger partial charge >= 0.3 is 0 Å². The molecule has 4 rings (SSSR count). The summed E-state index contributed by atoms with van der Waals surface area (Å²) in [6, 6.07) is 22.4. The van der Waals surface area contributed by atoms with Gasteiger partial charge in [-0.1, -0.05) is 54.1 Å². The van der Waals surface area contributed by atoms with E-state index < -0.39 is 10.0 Å². The van der Waals surface area contributed by atoms with Gasteiger partial charge in [-0.25, -0.2) is 8.42 Å². The molecule has 134 valence electrons. The molecule has 0 unspecified atom stereocenters. The molecule has 0 aliphatic carbocycles. The number of nitrogens with zero attached hydrogens (tertiary/aromatic N) is 1. The molecule has 0 bridgehead atoms. The van der Waals surface area contributed by atoms with E-state index in [1.54, 1.807) is 42.7 Å². The molecule has 0 radical (unpaired) electrons. The highest BCUT2D eigenvalue weighted by Crippen LogP contribution is 2.33. The average Bonchev–Trinajstić information content (AvgIpc) is 2.69. The zero-order chi connectivity index (χ0) is 18.9. The van der Waals surface area contributed by atoms with Crippen molar-refractivity contribution in [2.24, 2.45) is 0 Å². The van der Waals surface area contributed by atoms with Crippen molar-refractivity contribution in [1.29, 1.82) is 0 Å². The second-order valence-electron chi connectivity index (χ2n) is 6.37. The summed E-state index contributed by atoms with van der Waals surface area (Å²) < 4.78 is 28.3. The highest BCUT2D eigenvalue weighted by Gasteiger charge is 2.16. The second kappa shape index (κ2) is 6.85. The van der Waals surface area contributed by atoms with Crippen LogP contribution in [0.5, 0.6) is 0 Å². The lowest BCUT2D eigenvalue weighted by atomic mass is 9.99. The lowest BCUT2D eigenvalue weighted by Gasteiger charge is -2.13. The number of fused-ring (bicyclic) bond motifs is 1. The van der Waals surface area contributed by atoms with Crippen molar-refractivity contribution in [2.45, 2.75) is 11.8 Å². The molecule has 0 fully saturated rings. The molecular formula is C22H18N2O2S. The number of aryl methyl sites for hydroxylation is 1. The fourth-order valence-electron chi connectivity index (χ4n) is 3.07. The van der Waals surface area contributed by atoms with E-state index >= 15 is 0 Å². The Balaban J connectivity index is 1.81. The van der Waals surface area contributed by atoms with Crippen molar-refractivity contribution in [3.8, 4) is 11.1 Å². The summed E-state index contributed by atoms with van der Waals surface area (Å²) in [5.41, 5.74) is 3.63. The number of hydrogen-bond acceptors (Lipinski definition) is 3. The molecule has 1 heterocycles. The predicted octanol–water partition coefficient (Wildman–Crippen LogP) is 5.01. The third kappa shape index (κ3) is 3.41. The molecule has 1 N–H and O–H groups in total. The van der Waals surface area contributed by atoms with Gasteiger partial charge in [-0.2, -0.15) is 0 Å². The molecule has 0 amide bonds. The van der Waals surface area contributed by atoms with Crippen LogP contribution in [0.4, 0.5) is 5.69 Å². The molecule has 4 aromatic rings. The maximum absolute atomic E-state index is 12.8. The van der Waals surface area contributed by atoms with E-state index in [1.165, 1.54) is 0 Å². The zero-order valence-electron chi connectivity index (χ0n) is 14.8. The van der Waals surface area contributed by atoms with Crippen LogP contribution in [-0.2, 0) is 10.0 Å². The first-order valence-corrected chi connectivity index (χ1v) is 10.0. The van der Waals surface area contributed by atoms with Crippen molar-refractivity contribution in [3.63, 3.8) is 0 Å². The topological polar surface area (TPSA) is 59.1 Å². The summed E-state index contributed by atoms with van der Waals surface area (Å²) >= 11 is 0. The van der Waals surface area contributed by atoms with Gasteiger partial charge in [0, 0.05) is 17.8 Å². The smallest absolute Gasteiger partial charge is 0.261 e. The van der Waals surface area contributed by atoms with E-state index in [1.807, 2.05) is 49.4 Å². The molecule has 0 aliphatic heterocycles. The molecule has 0 saturated heterocycles. The fourth-order valence-corrected chi connectivity index (χ4v) is 4.15. The highest BCUT2D eigenvalue weighted by molar-refractivity contribution is 7.92. The van der Waals surface area contributed by atoms with E-state index in [4.69, 9.17) is 0 Å². The second-order valence-corrected chi connectivity index (χ2v) is 8.05. The van der Waals surface area contributed by atoms with Crippen molar-refractivity contribution in [2.75, 3.05) is 4.72 Å². The number of anilines is 1. The van der Waals surface area contributed by atoms with Crippen LogP contribution >= 0.6 is 0 Å². The molecule has 4 nitrogen and oxygen atoms in total. The number of rotatable bonds is 4. The maximum atomic E-state index is 12.8. The van der Waals surface area contributed by atoms with Gasteiger partial charge in [-0.3, -0.25) is 9.71 Å². The minimum atomic E-state index is -3.68. The number of pyridine rings is 1. The Morgan fingerprint density at radius 2 is 1.56 bits per heavy atom. The molecule has 27 heavy (non-hydrogen) atoms. The van der Waals surface area contributed by atoms with Crippen LogP contribution in [-0.4, -0.2) is 13.4 Å². The normalized spacial score (nSPS) is 11.4. The summed E-state index contributed by atoms with van der Waals surface area (Å²) in [5, 5.41) is 1.70. The molecular weight excluding hydrogens is 356 g/mol. The van der Waals surface area contributed by atoms with Crippen LogP contribution in [0.3, 0.4) is 0 Å². The first kappa shape index (κ1) is 17.2.